The van der Waals surface area contributed by atoms with Gasteiger partial charge in [-0.2, -0.15) is 0 Å². The minimum absolute atomic E-state index is 0.134. The topological polar surface area (TPSA) is 74.2 Å². The lowest BCUT2D eigenvalue weighted by molar-refractivity contribution is -0.120. The molecule has 0 bridgehead atoms. The molecule has 1 unspecified atom stereocenters. The minimum Gasteiger partial charge on any atom is -0.392 e. The second kappa shape index (κ2) is 7.91. The summed E-state index contributed by atoms with van der Waals surface area (Å²) in [5, 5.41) is 17.7. The summed E-state index contributed by atoms with van der Waals surface area (Å²) in [5.74, 6) is -0.134. The lowest BCUT2D eigenvalue weighted by atomic mass is 10.1. The molecule has 2 aromatic rings. The first kappa shape index (κ1) is 16.5. The Morgan fingerprint density at radius 1 is 1.36 bits per heavy atom. The first-order valence-electron chi connectivity index (χ1n) is 7.32. The van der Waals surface area contributed by atoms with E-state index in [1.165, 1.54) is 16.9 Å². The molecule has 1 aromatic carbocycles. The number of aliphatic hydroxyl groups excluding tert-OH is 1. The van der Waals surface area contributed by atoms with Crippen molar-refractivity contribution in [3.63, 3.8) is 0 Å². The van der Waals surface area contributed by atoms with Gasteiger partial charge in [0.05, 0.1) is 18.2 Å². The van der Waals surface area contributed by atoms with Crippen LogP contribution in [0.2, 0.25) is 0 Å². The first-order chi connectivity index (χ1) is 10.6. The van der Waals surface area contributed by atoms with Crippen LogP contribution in [0.3, 0.4) is 0 Å². The Bertz CT molecular complexity index is 608. The highest BCUT2D eigenvalue weighted by atomic mass is 32.1. The predicted molar refractivity (Wildman–Crippen MR) is 89.6 cm³/mol. The monoisotopic (exact) mass is 319 g/mol. The zero-order chi connectivity index (χ0) is 15.9. The molecule has 0 radical (unpaired) electrons. The van der Waals surface area contributed by atoms with Crippen LogP contribution < -0.4 is 10.6 Å². The van der Waals surface area contributed by atoms with E-state index in [4.69, 9.17) is 5.11 Å². The van der Waals surface area contributed by atoms with Gasteiger partial charge in [0.15, 0.2) is 5.13 Å². The molecule has 6 heteroatoms. The molecular formula is C16H21N3O2S. The lowest BCUT2D eigenvalue weighted by Crippen LogP contribution is -2.31. The van der Waals surface area contributed by atoms with E-state index in [1.807, 2.05) is 17.5 Å². The molecule has 1 heterocycles. The van der Waals surface area contributed by atoms with Gasteiger partial charge in [0.2, 0.25) is 5.91 Å². The smallest absolute Gasteiger partial charge is 0.226 e. The van der Waals surface area contributed by atoms with Crippen LogP contribution >= 0.6 is 11.3 Å². The van der Waals surface area contributed by atoms with Crippen molar-refractivity contribution in [1.82, 2.24) is 10.3 Å². The van der Waals surface area contributed by atoms with E-state index in [2.05, 4.69) is 34.7 Å². The number of carbonyl (C=O) groups is 1. The maximum absolute atomic E-state index is 11.7. The fraction of sp³-hybridized carbons (Fsp3) is 0.375. The Morgan fingerprint density at radius 3 is 2.73 bits per heavy atom. The largest absolute Gasteiger partial charge is 0.392 e. The Balaban J connectivity index is 1.89. The standard InChI is InChI=1S/C16H21N3O2S/c1-3-12-4-6-13(7-5-12)18-16-19-14(10-22-16)8-15(21)17-9-11(2)20/h4-7,10-11,20H,3,8-9H2,1-2H3,(H,17,21)(H,18,19). The van der Waals surface area contributed by atoms with Gasteiger partial charge in [0.25, 0.3) is 0 Å². The summed E-state index contributed by atoms with van der Waals surface area (Å²) in [6, 6.07) is 8.21. The van der Waals surface area contributed by atoms with Crippen LogP contribution in [0.25, 0.3) is 0 Å². The number of anilines is 2. The number of thiazole rings is 1. The van der Waals surface area contributed by atoms with Crippen LogP contribution in [-0.4, -0.2) is 28.6 Å². The molecular weight excluding hydrogens is 298 g/mol. The average molecular weight is 319 g/mol. The third-order valence-electron chi connectivity index (χ3n) is 3.10. The molecule has 1 atom stereocenters. The van der Waals surface area contributed by atoms with E-state index in [1.54, 1.807) is 6.92 Å². The van der Waals surface area contributed by atoms with Crippen molar-refractivity contribution in [3.05, 3.63) is 40.9 Å². The Kier molecular flexibility index (Phi) is 5.91. The average Bonchev–Trinajstić information content (AvgIpc) is 2.93. The SMILES string of the molecule is CCc1ccc(Nc2nc(CC(=O)NCC(C)O)cs2)cc1. The molecule has 3 N–H and O–H groups in total. The molecule has 1 aromatic heterocycles. The van der Waals surface area contributed by atoms with Gasteiger partial charge in [-0.15, -0.1) is 11.3 Å². The number of aliphatic hydroxyl groups is 1. The van der Waals surface area contributed by atoms with Gasteiger partial charge in [-0.3, -0.25) is 4.79 Å². The molecule has 0 saturated carbocycles. The van der Waals surface area contributed by atoms with E-state index in [-0.39, 0.29) is 18.9 Å². The van der Waals surface area contributed by atoms with E-state index in [0.717, 1.165) is 22.9 Å². The molecule has 22 heavy (non-hydrogen) atoms. The second-order valence-corrected chi connectivity index (χ2v) is 6.01. The zero-order valence-electron chi connectivity index (χ0n) is 12.8. The van der Waals surface area contributed by atoms with E-state index in [0.29, 0.717) is 0 Å². The van der Waals surface area contributed by atoms with Crippen LogP contribution in [0.1, 0.15) is 25.1 Å². The number of hydrogen-bond donors (Lipinski definition) is 3. The molecule has 2 rings (SSSR count). The van der Waals surface area contributed by atoms with Crippen molar-refractivity contribution in [2.75, 3.05) is 11.9 Å². The summed E-state index contributed by atoms with van der Waals surface area (Å²) in [5.41, 5.74) is 3.00. The van der Waals surface area contributed by atoms with Crippen LogP contribution in [0.5, 0.6) is 0 Å². The van der Waals surface area contributed by atoms with Gasteiger partial charge in [-0.25, -0.2) is 4.98 Å². The summed E-state index contributed by atoms with van der Waals surface area (Å²) in [6.07, 6.45) is 0.700. The van der Waals surface area contributed by atoms with Gasteiger partial charge < -0.3 is 15.7 Å². The summed E-state index contributed by atoms with van der Waals surface area (Å²) in [7, 11) is 0. The van der Waals surface area contributed by atoms with E-state index >= 15 is 0 Å². The van der Waals surface area contributed by atoms with Crippen molar-refractivity contribution in [3.8, 4) is 0 Å². The Hall–Kier alpha value is -1.92. The fourth-order valence-electron chi connectivity index (χ4n) is 1.88. The molecule has 0 fully saturated rings. The highest BCUT2D eigenvalue weighted by molar-refractivity contribution is 7.13. The molecule has 1 amide bonds. The first-order valence-corrected chi connectivity index (χ1v) is 8.20. The van der Waals surface area contributed by atoms with Gasteiger partial charge in [0, 0.05) is 17.6 Å². The van der Waals surface area contributed by atoms with Crippen molar-refractivity contribution in [2.24, 2.45) is 0 Å². The van der Waals surface area contributed by atoms with Crippen molar-refractivity contribution < 1.29 is 9.90 Å². The number of carbonyl (C=O) groups excluding carboxylic acids is 1. The molecule has 0 aliphatic rings. The third-order valence-corrected chi connectivity index (χ3v) is 3.91. The minimum atomic E-state index is -0.539. The molecule has 0 saturated heterocycles. The van der Waals surface area contributed by atoms with Crippen LogP contribution in [0, 0.1) is 0 Å². The maximum atomic E-state index is 11.7. The number of aromatic nitrogens is 1. The molecule has 5 nitrogen and oxygen atoms in total. The number of nitrogens with one attached hydrogen (secondary N) is 2. The number of nitrogens with zero attached hydrogens (tertiary/aromatic N) is 1. The van der Waals surface area contributed by atoms with Crippen LogP contribution in [-0.2, 0) is 17.6 Å². The summed E-state index contributed by atoms with van der Waals surface area (Å²) >= 11 is 1.47. The van der Waals surface area contributed by atoms with Crippen LogP contribution in [0.15, 0.2) is 29.6 Å². The zero-order valence-corrected chi connectivity index (χ0v) is 13.6. The molecule has 0 aliphatic heterocycles. The summed E-state index contributed by atoms with van der Waals surface area (Å²) in [4.78, 5) is 16.1. The van der Waals surface area contributed by atoms with Gasteiger partial charge >= 0.3 is 0 Å². The van der Waals surface area contributed by atoms with Crippen molar-refractivity contribution in [2.45, 2.75) is 32.8 Å². The van der Waals surface area contributed by atoms with Crippen molar-refractivity contribution >= 4 is 28.1 Å². The van der Waals surface area contributed by atoms with Crippen LogP contribution in [0.4, 0.5) is 10.8 Å². The lowest BCUT2D eigenvalue weighted by Gasteiger charge is -2.05. The van der Waals surface area contributed by atoms with Gasteiger partial charge in [0.1, 0.15) is 0 Å². The summed E-state index contributed by atoms with van der Waals surface area (Å²) in [6.45, 7) is 4.02. The number of rotatable bonds is 7. The summed E-state index contributed by atoms with van der Waals surface area (Å²) < 4.78 is 0. The number of benzene rings is 1. The quantitative estimate of drug-likeness (QED) is 0.733. The number of amides is 1. The molecule has 0 aliphatic carbocycles. The molecule has 0 spiro atoms. The van der Waals surface area contributed by atoms with E-state index in [9.17, 15) is 4.79 Å². The van der Waals surface area contributed by atoms with Crippen molar-refractivity contribution in [1.29, 1.82) is 0 Å². The maximum Gasteiger partial charge on any atom is 0.226 e. The van der Waals surface area contributed by atoms with Gasteiger partial charge in [-0.1, -0.05) is 19.1 Å². The second-order valence-electron chi connectivity index (χ2n) is 5.15. The highest BCUT2D eigenvalue weighted by Crippen LogP contribution is 2.21. The predicted octanol–water partition coefficient (Wildman–Crippen LogP) is 2.49. The highest BCUT2D eigenvalue weighted by Gasteiger charge is 2.08. The van der Waals surface area contributed by atoms with E-state index < -0.39 is 6.10 Å². The van der Waals surface area contributed by atoms with Gasteiger partial charge in [-0.05, 0) is 31.0 Å². The Labute approximate surface area is 134 Å². The fourth-order valence-corrected chi connectivity index (χ4v) is 2.61. The Morgan fingerprint density at radius 2 is 2.09 bits per heavy atom. The number of hydrogen-bond acceptors (Lipinski definition) is 5. The number of aryl methyl sites for hydroxylation is 1. The molecule has 118 valence electrons. The third kappa shape index (κ3) is 5.13. The normalized spacial score (nSPS) is 12.0.